The second-order valence-electron chi connectivity index (χ2n) is 2.89. The van der Waals surface area contributed by atoms with Crippen LogP contribution in [0.3, 0.4) is 0 Å². The maximum Gasteiger partial charge on any atom is 0.269 e. The van der Waals surface area contributed by atoms with Crippen LogP contribution in [0.15, 0.2) is 30.3 Å². The molecule has 1 rings (SSSR count). The molecule has 0 aliphatic heterocycles. The van der Waals surface area contributed by atoms with Gasteiger partial charge in [-0.2, -0.15) is 0 Å². The number of non-ortho nitro benzene ring substituents is 1. The summed E-state index contributed by atoms with van der Waals surface area (Å²) in [6.45, 7) is 3.71. The lowest BCUT2D eigenvalue weighted by atomic mass is 10.2. The third-order valence-electron chi connectivity index (χ3n) is 1.78. The maximum absolute atomic E-state index is 10.4. The number of allylic oxidation sites excluding steroid dienone is 1. The van der Waals surface area contributed by atoms with Crippen LogP contribution < -0.4 is 0 Å². The van der Waals surface area contributed by atoms with E-state index in [9.17, 15) is 10.1 Å². The zero-order chi connectivity index (χ0) is 10.4. The molecule has 0 unspecified atom stereocenters. The lowest BCUT2D eigenvalue weighted by Crippen LogP contribution is -1.86. The molecule has 1 radical (unpaired) electrons. The van der Waals surface area contributed by atoms with Crippen molar-refractivity contribution in [1.29, 1.82) is 0 Å². The van der Waals surface area contributed by atoms with E-state index in [0.717, 1.165) is 18.4 Å². The second kappa shape index (κ2) is 5.17. The monoisotopic (exact) mass is 190 g/mol. The molecule has 0 amide bonds. The summed E-state index contributed by atoms with van der Waals surface area (Å²) in [5.74, 6) is 0. The van der Waals surface area contributed by atoms with Crippen LogP contribution in [0.1, 0.15) is 18.4 Å². The Kier molecular flexibility index (Phi) is 3.85. The molecule has 73 valence electrons. The van der Waals surface area contributed by atoms with E-state index in [0.29, 0.717) is 0 Å². The Labute approximate surface area is 83.2 Å². The quantitative estimate of drug-likeness (QED) is 0.540. The minimum atomic E-state index is -0.399. The van der Waals surface area contributed by atoms with Crippen LogP contribution in [0, 0.1) is 17.0 Å². The molecule has 0 aromatic heterocycles. The van der Waals surface area contributed by atoms with Crippen LogP contribution in [0.5, 0.6) is 0 Å². The molecule has 3 nitrogen and oxygen atoms in total. The standard InChI is InChI=1S/C11H12NO2/c1-2-3-4-5-10-6-8-11(9-7-10)12(13)14/h4-9H,1-3H2. The van der Waals surface area contributed by atoms with Crippen LogP contribution in [0.25, 0.3) is 6.08 Å². The molecule has 1 aromatic carbocycles. The van der Waals surface area contributed by atoms with Gasteiger partial charge in [-0.05, 0) is 30.5 Å². The lowest BCUT2D eigenvalue weighted by Gasteiger charge is -1.93. The van der Waals surface area contributed by atoms with Crippen molar-refractivity contribution in [3.8, 4) is 0 Å². The number of benzene rings is 1. The van der Waals surface area contributed by atoms with E-state index >= 15 is 0 Å². The van der Waals surface area contributed by atoms with Gasteiger partial charge in [0.15, 0.2) is 0 Å². The van der Waals surface area contributed by atoms with Gasteiger partial charge in [0.2, 0.25) is 0 Å². The molecule has 1 aromatic rings. The van der Waals surface area contributed by atoms with Gasteiger partial charge in [-0.15, -0.1) is 0 Å². The zero-order valence-electron chi connectivity index (χ0n) is 7.85. The molecule has 0 saturated carbocycles. The van der Waals surface area contributed by atoms with Crippen LogP contribution in [0.2, 0.25) is 0 Å². The highest BCUT2D eigenvalue weighted by atomic mass is 16.6. The van der Waals surface area contributed by atoms with Crippen LogP contribution in [-0.2, 0) is 0 Å². The number of hydrogen-bond acceptors (Lipinski definition) is 2. The first-order chi connectivity index (χ1) is 6.74. The topological polar surface area (TPSA) is 43.1 Å². The van der Waals surface area contributed by atoms with Crippen LogP contribution >= 0.6 is 0 Å². The van der Waals surface area contributed by atoms with Crippen LogP contribution in [-0.4, -0.2) is 4.92 Å². The summed E-state index contributed by atoms with van der Waals surface area (Å²) >= 11 is 0. The average Bonchev–Trinajstić information content (AvgIpc) is 2.19. The van der Waals surface area contributed by atoms with E-state index in [4.69, 9.17) is 0 Å². The fourth-order valence-electron chi connectivity index (χ4n) is 1.04. The molecule has 3 heteroatoms. The predicted octanol–water partition coefficient (Wildman–Crippen LogP) is 3.22. The highest BCUT2D eigenvalue weighted by Crippen LogP contribution is 2.12. The molecular weight excluding hydrogens is 178 g/mol. The Bertz CT molecular complexity index is 328. The van der Waals surface area contributed by atoms with Crippen molar-refractivity contribution in [2.45, 2.75) is 12.8 Å². The molecule has 0 aliphatic carbocycles. The molecule has 0 atom stereocenters. The number of nitro benzene ring substituents is 1. The Hall–Kier alpha value is -1.64. The fourth-order valence-corrected chi connectivity index (χ4v) is 1.04. The normalized spacial score (nSPS) is 10.6. The van der Waals surface area contributed by atoms with E-state index in [1.54, 1.807) is 12.1 Å². The van der Waals surface area contributed by atoms with Gasteiger partial charge >= 0.3 is 0 Å². The molecule has 0 heterocycles. The van der Waals surface area contributed by atoms with Crippen molar-refractivity contribution in [1.82, 2.24) is 0 Å². The summed E-state index contributed by atoms with van der Waals surface area (Å²) in [6, 6.07) is 6.48. The number of rotatable bonds is 4. The average molecular weight is 190 g/mol. The lowest BCUT2D eigenvalue weighted by molar-refractivity contribution is -0.384. The molecular formula is C11H12NO2. The van der Waals surface area contributed by atoms with Crippen molar-refractivity contribution >= 4 is 11.8 Å². The van der Waals surface area contributed by atoms with Gasteiger partial charge in [0.1, 0.15) is 0 Å². The highest BCUT2D eigenvalue weighted by Gasteiger charge is 2.01. The largest absolute Gasteiger partial charge is 0.269 e. The fraction of sp³-hybridized carbons (Fsp3) is 0.182. The summed E-state index contributed by atoms with van der Waals surface area (Å²) in [4.78, 5) is 9.95. The van der Waals surface area contributed by atoms with Crippen molar-refractivity contribution in [2.75, 3.05) is 0 Å². The smallest absolute Gasteiger partial charge is 0.258 e. The number of nitro groups is 1. The van der Waals surface area contributed by atoms with E-state index < -0.39 is 4.92 Å². The van der Waals surface area contributed by atoms with Gasteiger partial charge in [0.25, 0.3) is 5.69 Å². The first-order valence-electron chi connectivity index (χ1n) is 4.44. The third-order valence-corrected chi connectivity index (χ3v) is 1.78. The van der Waals surface area contributed by atoms with Gasteiger partial charge in [-0.1, -0.05) is 19.1 Å². The minimum Gasteiger partial charge on any atom is -0.258 e. The molecule has 0 aliphatic rings. The van der Waals surface area contributed by atoms with Crippen LogP contribution in [0.4, 0.5) is 5.69 Å². The Balaban J connectivity index is 2.68. The third kappa shape index (κ3) is 3.01. The molecule has 0 fully saturated rings. The summed E-state index contributed by atoms with van der Waals surface area (Å²) in [7, 11) is 0. The number of unbranched alkanes of at least 4 members (excludes halogenated alkanes) is 1. The summed E-state index contributed by atoms with van der Waals surface area (Å²) < 4.78 is 0. The van der Waals surface area contributed by atoms with Gasteiger partial charge in [0, 0.05) is 12.1 Å². The zero-order valence-corrected chi connectivity index (χ0v) is 7.85. The van der Waals surface area contributed by atoms with E-state index in [1.165, 1.54) is 12.1 Å². The summed E-state index contributed by atoms with van der Waals surface area (Å²) in [6.07, 6.45) is 5.74. The Morgan fingerprint density at radius 2 is 2.00 bits per heavy atom. The predicted molar refractivity (Wildman–Crippen MR) is 56.7 cm³/mol. The summed E-state index contributed by atoms with van der Waals surface area (Å²) in [5.41, 5.74) is 1.10. The molecule has 0 spiro atoms. The second-order valence-corrected chi connectivity index (χ2v) is 2.89. The van der Waals surface area contributed by atoms with Crippen molar-refractivity contribution in [2.24, 2.45) is 0 Å². The molecule has 14 heavy (non-hydrogen) atoms. The van der Waals surface area contributed by atoms with Gasteiger partial charge in [0.05, 0.1) is 4.92 Å². The Morgan fingerprint density at radius 3 is 2.50 bits per heavy atom. The molecule has 0 N–H and O–H groups in total. The van der Waals surface area contributed by atoms with E-state index in [-0.39, 0.29) is 5.69 Å². The molecule has 0 saturated heterocycles. The highest BCUT2D eigenvalue weighted by molar-refractivity contribution is 5.51. The van der Waals surface area contributed by atoms with Gasteiger partial charge < -0.3 is 0 Å². The van der Waals surface area contributed by atoms with Crippen molar-refractivity contribution in [3.63, 3.8) is 0 Å². The van der Waals surface area contributed by atoms with Gasteiger partial charge in [-0.3, -0.25) is 10.1 Å². The van der Waals surface area contributed by atoms with Crippen molar-refractivity contribution < 1.29 is 4.92 Å². The maximum atomic E-state index is 10.4. The first-order valence-corrected chi connectivity index (χ1v) is 4.44. The van der Waals surface area contributed by atoms with Gasteiger partial charge in [-0.25, -0.2) is 0 Å². The Morgan fingerprint density at radius 1 is 1.36 bits per heavy atom. The first kappa shape index (κ1) is 10.4. The minimum absolute atomic E-state index is 0.124. The SMILES string of the molecule is [CH2]CCC=Cc1ccc([N+](=O)[O-])cc1. The van der Waals surface area contributed by atoms with E-state index in [1.807, 2.05) is 12.2 Å². The van der Waals surface area contributed by atoms with Crippen molar-refractivity contribution in [3.05, 3.63) is 52.9 Å². The molecule has 0 bridgehead atoms. The number of hydrogen-bond donors (Lipinski definition) is 0. The van der Waals surface area contributed by atoms with E-state index in [2.05, 4.69) is 6.92 Å². The summed E-state index contributed by atoms with van der Waals surface area (Å²) in [5, 5.41) is 10.4. The number of nitrogens with zero attached hydrogens (tertiary/aromatic N) is 1.